The van der Waals surface area contributed by atoms with Gasteiger partial charge in [-0.1, -0.05) is 60.7 Å². The second-order valence-electron chi connectivity index (χ2n) is 10.7. The summed E-state index contributed by atoms with van der Waals surface area (Å²) in [5.41, 5.74) is -2.26. The number of benzene rings is 4. The fraction of sp³-hybridized carbons (Fsp3) is 0.194. The molecule has 4 aromatic carbocycles. The Morgan fingerprint density at radius 3 is 1.54 bits per heavy atom. The van der Waals surface area contributed by atoms with E-state index in [-0.39, 0.29) is 41.3 Å². The number of carbonyl (C=O) groups is 2. The number of aryl methyl sites for hydroxylation is 1. The van der Waals surface area contributed by atoms with Gasteiger partial charge in [-0.2, -0.15) is 26.3 Å². The highest BCUT2D eigenvalue weighted by atomic mass is 32.1. The molecule has 0 aliphatic rings. The number of rotatable bonds is 11. The molecule has 0 saturated heterocycles. The van der Waals surface area contributed by atoms with Crippen LogP contribution in [0.15, 0.2) is 91.1 Å². The van der Waals surface area contributed by atoms with Gasteiger partial charge in [0, 0.05) is 11.1 Å². The Hall–Kier alpha value is -5.77. The molecule has 0 bridgehead atoms. The summed E-state index contributed by atoms with van der Waals surface area (Å²) in [6.07, 6.45) is -8.04. The first kappa shape index (κ1) is 39.0. The lowest BCUT2D eigenvalue weighted by Crippen LogP contribution is -2.19. The van der Waals surface area contributed by atoms with E-state index in [4.69, 9.17) is 24.1 Å². The van der Waals surface area contributed by atoms with E-state index in [1.165, 1.54) is 20.4 Å². The Morgan fingerprint density at radius 2 is 1.15 bits per heavy atom. The van der Waals surface area contributed by atoms with Gasteiger partial charge in [-0.25, -0.2) is 9.78 Å². The fourth-order valence-electron chi connectivity index (χ4n) is 4.55. The Balaban J connectivity index is 0.000000239. The number of anilines is 1. The number of aromatic carboxylic acids is 1. The summed E-state index contributed by atoms with van der Waals surface area (Å²) in [4.78, 5) is 28.4. The average molecular weight is 749 g/mol. The Kier molecular flexibility index (Phi) is 12.7. The maximum absolute atomic E-state index is 13.6. The second-order valence-corrected chi connectivity index (χ2v) is 11.9. The van der Waals surface area contributed by atoms with Crippen LogP contribution in [-0.4, -0.2) is 36.2 Å². The zero-order valence-electron chi connectivity index (χ0n) is 27.6. The number of carboxylic acids is 1. The molecule has 0 aliphatic heterocycles. The minimum Gasteiger partial charge on any atom is -0.493 e. The molecule has 5 aromatic rings. The largest absolute Gasteiger partial charge is 0.493 e. The molecule has 16 heteroatoms. The van der Waals surface area contributed by atoms with Crippen molar-refractivity contribution >= 4 is 28.3 Å². The van der Waals surface area contributed by atoms with Crippen LogP contribution in [0.1, 0.15) is 47.8 Å². The predicted molar refractivity (Wildman–Crippen MR) is 179 cm³/mol. The van der Waals surface area contributed by atoms with Gasteiger partial charge in [0.2, 0.25) is 0 Å². The summed E-state index contributed by atoms with van der Waals surface area (Å²) >= 11 is 1.16. The lowest BCUT2D eigenvalue weighted by atomic mass is 10.0. The number of methoxy groups -OCH3 is 2. The summed E-state index contributed by atoms with van der Waals surface area (Å²) in [5, 5.41) is 11.6. The van der Waals surface area contributed by atoms with Crippen LogP contribution >= 0.6 is 11.3 Å². The number of ether oxygens (including phenoxy) is 4. The predicted octanol–water partition coefficient (Wildman–Crippen LogP) is 9.30. The molecule has 1 aromatic heterocycles. The van der Waals surface area contributed by atoms with Gasteiger partial charge in [-0.3, -0.25) is 10.1 Å². The van der Waals surface area contributed by atoms with Gasteiger partial charge in [0.1, 0.15) is 13.2 Å². The number of nitrogens with one attached hydrogen (secondary N) is 1. The van der Waals surface area contributed by atoms with Crippen molar-refractivity contribution in [3.63, 3.8) is 0 Å². The lowest BCUT2D eigenvalue weighted by molar-refractivity contribution is -0.138. The Morgan fingerprint density at radius 1 is 0.712 bits per heavy atom. The van der Waals surface area contributed by atoms with Gasteiger partial charge in [0.25, 0.3) is 5.91 Å². The van der Waals surface area contributed by atoms with Gasteiger partial charge in [0.05, 0.1) is 36.5 Å². The minimum absolute atomic E-state index is 0.0322. The summed E-state index contributed by atoms with van der Waals surface area (Å²) in [6, 6.07) is 21.3. The molecule has 1 amide bonds. The van der Waals surface area contributed by atoms with Crippen LogP contribution in [0.25, 0.3) is 0 Å². The number of nitrogens with zero attached hydrogens (tertiary/aromatic N) is 1. The molecule has 9 nitrogen and oxygen atoms in total. The number of halogens is 6. The standard InChI is InChI=1S/C20H17F3N2O3S.C16H13F3O4/c1-12-10-24-19(29-12)25-18(26)14-8-17(28-11-13-6-4-3-5-7-13)16(27-2)9-15(14)20(21,22)23;1-22-13-8-12(16(17,18)19)11(15(20)21)7-14(13)23-9-10-5-3-2-4-6-10/h3-10H,11H2,1-2H3,(H,24,25,26);2-8H,9H2,1H3,(H,20,21). The highest BCUT2D eigenvalue weighted by Crippen LogP contribution is 2.41. The van der Waals surface area contributed by atoms with E-state index in [1.54, 1.807) is 31.2 Å². The molecule has 0 spiro atoms. The number of carbonyl (C=O) groups excluding carboxylic acids is 1. The quantitative estimate of drug-likeness (QED) is 0.129. The SMILES string of the molecule is COc1cc(C(F)(F)F)c(C(=O)Nc2ncc(C)s2)cc1OCc1ccccc1.COc1cc(C(F)(F)F)c(C(=O)O)cc1OCc1ccccc1. The maximum atomic E-state index is 13.6. The van der Waals surface area contributed by atoms with Crippen LogP contribution in [0.5, 0.6) is 23.0 Å². The highest BCUT2D eigenvalue weighted by Gasteiger charge is 2.38. The van der Waals surface area contributed by atoms with Gasteiger partial charge >= 0.3 is 18.3 Å². The van der Waals surface area contributed by atoms with Gasteiger partial charge in [-0.05, 0) is 42.3 Å². The molecule has 0 unspecified atom stereocenters. The number of carboxylic acid groups (broad SMARTS) is 1. The van der Waals surface area contributed by atoms with E-state index >= 15 is 0 Å². The molecule has 5 rings (SSSR count). The summed E-state index contributed by atoms with van der Waals surface area (Å²) in [6.45, 7) is 1.95. The van der Waals surface area contributed by atoms with Crippen molar-refractivity contribution in [3.8, 4) is 23.0 Å². The van der Waals surface area contributed by atoms with E-state index in [0.717, 1.165) is 45.5 Å². The highest BCUT2D eigenvalue weighted by molar-refractivity contribution is 7.15. The number of hydrogen-bond donors (Lipinski definition) is 2. The van der Waals surface area contributed by atoms with Crippen LogP contribution in [-0.2, 0) is 25.6 Å². The van der Waals surface area contributed by atoms with Crippen LogP contribution in [0.2, 0.25) is 0 Å². The Bertz CT molecular complexity index is 1990. The van der Waals surface area contributed by atoms with Crippen molar-refractivity contribution in [3.05, 3.63) is 129 Å². The second kappa shape index (κ2) is 17.0. The average Bonchev–Trinajstić information content (AvgIpc) is 3.53. The summed E-state index contributed by atoms with van der Waals surface area (Å²) in [7, 11) is 2.42. The number of thiazole rings is 1. The van der Waals surface area contributed by atoms with E-state index < -0.39 is 46.5 Å². The van der Waals surface area contributed by atoms with Gasteiger partial charge in [-0.15, -0.1) is 11.3 Å². The zero-order valence-corrected chi connectivity index (χ0v) is 28.4. The van der Waals surface area contributed by atoms with Crippen LogP contribution in [0, 0.1) is 6.92 Å². The first-order valence-corrected chi connectivity index (χ1v) is 15.8. The van der Waals surface area contributed by atoms with Crippen LogP contribution < -0.4 is 24.3 Å². The van der Waals surface area contributed by atoms with Gasteiger partial charge < -0.3 is 24.1 Å². The van der Waals surface area contributed by atoms with Crippen LogP contribution in [0.4, 0.5) is 31.5 Å². The van der Waals surface area contributed by atoms with Gasteiger partial charge in [0.15, 0.2) is 28.1 Å². The number of hydrogen-bond acceptors (Lipinski definition) is 8. The minimum atomic E-state index is -4.81. The molecule has 52 heavy (non-hydrogen) atoms. The third-order valence-electron chi connectivity index (χ3n) is 7.01. The van der Waals surface area contributed by atoms with E-state index in [2.05, 4.69) is 10.3 Å². The number of amides is 1. The third-order valence-corrected chi connectivity index (χ3v) is 7.84. The molecule has 0 fully saturated rings. The monoisotopic (exact) mass is 748 g/mol. The molecule has 274 valence electrons. The molecule has 1 heterocycles. The molecule has 0 radical (unpaired) electrons. The smallest absolute Gasteiger partial charge is 0.417 e. The van der Waals surface area contributed by atoms with E-state index in [1.807, 2.05) is 36.4 Å². The molecular weight excluding hydrogens is 718 g/mol. The van der Waals surface area contributed by atoms with Crippen LogP contribution in [0.3, 0.4) is 0 Å². The molecule has 0 atom stereocenters. The van der Waals surface area contributed by atoms with Crippen molar-refractivity contribution < 1.29 is 60.0 Å². The number of alkyl halides is 6. The van der Waals surface area contributed by atoms with E-state index in [0.29, 0.717) is 6.07 Å². The van der Waals surface area contributed by atoms with Crippen molar-refractivity contribution in [2.24, 2.45) is 0 Å². The summed E-state index contributed by atoms with van der Waals surface area (Å²) < 4.78 is 101. The molecule has 0 aliphatic carbocycles. The number of aromatic nitrogens is 1. The third kappa shape index (κ3) is 10.4. The summed E-state index contributed by atoms with van der Waals surface area (Å²) in [5.74, 6) is -2.96. The first-order valence-electron chi connectivity index (χ1n) is 15.0. The van der Waals surface area contributed by atoms with Crippen molar-refractivity contribution in [1.82, 2.24) is 4.98 Å². The lowest BCUT2D eigenvalue weighted by Gasteiger charge is -2.17. The maximum Gasteiger partial charge on any atom is 0.417 e. The molecule has 0 saturated carbocycles. The normalized spacial score (nSPS) is 11.2. The molecular formula is C36H30F6N2O7S. The zero-order chi connectivity index (χ0) is 38.1. The van der Waals surface area contributed by atoms with Crippen molar-refractivity contribution in [1.29, 1.82) is 0 Å². The molecule has 2 N–H and O–H groups in total. The topological polar surface area (TPSA) is 116 Å². The van der Waals surface area contributed by atoms with Crippen molar-refractivity contribution in [2.75, 3.05) is 19.5 Å². The van der Waals surface area contributed by atoms with E-state index in [9.17, 15) is 35.9 Å². The Labute approximate surface area is 297 Å². The first-order chi connectivity index (χ1) is 24.6. The fourth-order valence-corrected chi connectivity index (χ4v) is 5.21. The van der Waals surface area contributed by atoms with Crippen molar-refractivity contribution in [2.45, 2.75) is 32.5 Å².